The Balaban J connectivity index is 1.99. The Morgan fingerprint density at radius 3 is 2.43 bits per heavy atom. The van der Waals surface area contributed by atoms with Crippen LogP contribution in [0, 0.1) is 13.8 Å². The third kappa shape index (κ3) is 4.81. The van der Waals surface area contributed by atoms with Gasteiger partial charge in [0.15, 0.2) is 0 Å². The first-order valence-corrected chi connectivity index (χ1v) is 8.63. The summed E-state index contributed by atoms with van der Waals surface area (Å²) < 4.78 is 13.1. The zero-order chi connectivity index (χ0) is 15.2. The van der Waals surface area contributed by atoms with Crippen LogP contribution in [0.25, 0.3) is 0 Å². The van der Waals surface area contributed by atoms with Crippen LogP contribution >= 0.6 is 15.9 Å². The van der Waals surface area contributed by atoms with Crippen LogP contribution < -0.4 is 5.46 Å². The third-order valence-electron chi connectivity index (χ3n) is 3.98. The Kier molecular flexibility index (Phi) is 6.74. The fraction of sp³-hybridized carbons (Fsp3) is 0.625. The second-order valence-electron chi connectivity index (χ2n) is 5.73. The van der Waals surface area contributed by atoms with Crippen molar-refractivity contribution in [1.29, 1.82) is 0 Å². The minimum Gasteiger partial charge on any atom is -0.406 e. The van der Waals surface area contributed by atoms with E-state index in [1.165, 1.54) is 24.0 Å². The van der Waals surface area contributed by atoms with Crippen molar-refractivity contribution < 1.29 is 9.31 Å². The van der Waals surface area contributed by atoms with Gasteiger partial charge in [-0.1, -0.05) is 40.9 Å². The molecule has 0 spiro atoms. The first-order valence-electron chi connectivity index (χ1n) is 7.84. The molecule has 1 heterocycles. The quantitative estimate of drug-likeness (QED) is 0.777. The number of unbranched alkanes of at least 4 members (excludes halogenated alkanes) is 1. The fourth-order valence-corrected chi connectivity index (χ4v) is 3.04. The molecule has 1 aliphatic rings. The highest BCUT2D eigenvalue weighted by molar-refractivity contribution is 9.10. The van der Waals surface area contributed by atoms with Crippen LogP contribution in [0.15, 0.2) is 16.6 Å². The van der Waals surface area contributed by atoms with Gasteiger partial charge in [0.05, 0.1) is 0 Å². The van der Waals surface area contributed by atoms with Gasteiger partial charge in [0, 0.05) is 30.8 Å². The lowest BCUT2D eigenvalue weighted by molar-refractivity contribution is 0.115. The van der Waals surface area contributed by atoms with Gasteiger partial charge in [0.2, 0.25) is 0 Å². The smallest absolute Gasteiger partial charge is 0.406 e. The molecule has 0 amide bonds. The summed E-state index contributed by atoms with van der Waals surface area (Å²) in [6.45, 7) is 11.0. The molecule has 0 aliphatic carbocycles. The second kappa shape index (κ2) is 8.32. The molecule has 1 aliphatic heterocycles. The molecule has 0 aromatic heterocycles. The van der Waals surface area contributed by atoms with E-state index in [0.29, 0.717) is 0 Å². The third-order valence-corrected chi connectivity index (χ3v) is 4.84. The van der Waals surface area contributed by atoms with Gasteiger partial charge in [-0.15, -0.1) is 0 Å². The van der Waals surface area contributed by atoms with E-state index < -0.39 is 0 Å². The topological polar surface area (TPSA) is 21.7 Å². The first-order chi connectivity index (χ1) is 10.1. The molecule has 0 bridgehead atoms. The molecule has 5 heteroatoms. The normalized spacial score (nSPS) is 17.6. The maximum absolute atomic E-state index is 5.98. The lowest BCUT2D eigenvalue weighted by atomic mass is 9.75. The van der Waals surface area contributed by atoms with Crippen LogP contribution in [-0.2, 0) is 9.31 Å². The predicted octanol–water partition coefficient (Wildman–Crippen LogP) is 2.91. The Hall–Kier alpha value is -0.355. The lowest BCUT2D eigenvalue weighted by Gasteiger charge is -2.27. The molecule has 1 saturated heterocycles. The molecule has 0 atom stereocenters. The summed E-state index contributed by atoms with van der Waals surface area (Å²) >= 11 is 3.58. The second-order valence-corrected chi connectivity index (χ2v) is 6.58. The van der Waals surface area contributed by atoms with E-state index in [2.05, 4.69) is 53.7 Å². The monoisotopic (exact) mass is 353 g/mol. The number of halogens is 1. The van der Waals surface area contributed by atoms with Crippen LogP contribution in [0.1, 0.15) is 30.9 Å². The van der Waals surface area contributed by atoms with Gasteiger partial charge in [0.25, 0.3) is 0 Å². The minimum absolute atomic E-state index is 0.231. The number of aryl methyl sites for hydroxylation is 2. The first kappa shape index (κ1) is 17.0. The molecular weight excluding hydrogens is 329 g/mol. The van der Waals surface area contributed by atoms with Gasteiger partial charge in [-0.25, -0.2) is 0 Å². The number of rotatable bonds is 4. The Labute approximate surface area is 137 Å². The Morgan fingerprint density at radius 2 is 1.81 bits per heavy atom. The summed E-state index contributed by atoms with van der Waals surface area (Å²) in [7, 11) is -0.231. The van der Waals surface area contributed by atoms with Crippen LogP contribution in [0.2, 0.25) is 0 Å². The summed E-state index contributed by atoms with van der Waals surface area (Å²) in [5, 5.41) is 0. The highest BCUT2D eigenvalue weighted by atomic mass is 79.9. The number of nitrogens with zero attached hydrogens (tertiary/aromatic N) is 1. The van der Waals surface area contributed by atoms with Crippen LogP contribution in [-0.4, -0.2) is 44.9 Å². The molecule has 0 radical (unpaired) electrons. The van der Waals surface area contributed by atoms with Gasteiger partial charge in [-0.2, -0.15) is 0 Å². The molecule has 0 unspecified atom stereocenters. The molecule has 0 N–H and O–H groups in total. The van der Waals surface area contributed by atoms with Gasteiger partial charge in [-0.05, 0) is 43.9 Å². The van der Waals surface area contributed by atoms with Gasteiger partial charge >= 0.3 is 7.12 Å². The zero-order valence-electron chi connectivity index (χ0n) is 13.3. The molecule has 116 valence electrons. The minimum atomic E-state index is -0.231. The molecule has 1 aromatic carbocycles. The lowest BCUT2D eigenvalue weighted by Crippen LogP contribution is -2.45. The molecule has 0 saturated carbocycles. The van der Waals surface area contributed by atoms with E-state index in [0.717, 1.165) is 42.8 Å². The number of hydrogen-bond donors (Lipinski definition) is 0. The SMILES string of the molecule is CCCCN1CCOB(c2cc(C)c(Br)cc2C)OCC1. The van der Waals surface area contributed by atoms with Crippen molar-refractivity contribution in [3.8, 4) is 0 Å². The van der Waals surface area contributed by atoms with Gasteiger partial charge < -0.3 is 9.31 Å². The van der Waals surface area contributed by atoms with E-state index in [9.17, 15) is 0 Å². The summed E-state index contributed by atoms with van der Waals surface area (Å²) in [6, 6.07) is 4.31. The predicted molar refractivity (Wildman–Crippen MR) is 92.3 cm³/mol. The average molecular weight is 354 g/mol. The number of benzene rings is 1. The number of hydrogen-bond acceptors (Lipinski definition) is 3. The summed E-state index contributed by atoms with van der Waals surface area (Å²) in [4.78, 5) is 2.43. The maximum Gasteiger partial charge on any atom is 0.494 e. The maximum atomic E-state index is 5.98. The molecular formula is C16H25BBrNO2. The van der Waals surface area contributed by atoms with Gasteiger partial charge in [0.1, 0.15) is 0 Å². The summed E-state index contributed by atoms with van der Waals surface area (Å²) in [5.74, 6) is 0. The van der Waals surface area contributed by atoms with Crippen molar-refractivity contribution in [3.63, 3.8) is 0 Å². The standard InChI is InChI=1S/C16H25BBrNO2/c1-4-5-6-19-7-9-20-17(21-10-8-19)15-11-14(3)16(18)12-13(15)2/h11-12H,4-10H2,1-3H3. The van der Waals surface area contributed by atoms with Crippen molar-refractivity contribution in [3.05, 3.63) is 27.7 Å². The van der Waals surface area contributed by atoms with E-state index in [1.807, 2.05) is 0 Å². The van der Waals surface area contributed by atoms with Crippen LogP contribution in [0.3, 0.4) is 0 Å². The summed E-state index contributed by atoms with van der Waals surface area (Å²) in [5.41, 5.74) is 3.58. The van der Waals surface area contributed by atoms with E-state index in [-0.39, 0.29) is 7.12 Å². The Bertz CT molecular complexity index is 460. The van der Waals surface area contributed by atoms with Crippen molar-refractivity contribution >= 4 is 28.5 Å². The molecule has 2 rings (SSSR count). The van der Waals surface area contributed by atoms with Crippen molar-refractivity contribution in [1.82, 2.24) is 4.90 Å². The highest BCUT2D eigenvalue weighted by Crippen LogP contribution is 2.17. The van der Waals surface area contributed by atoms with E-state index in [1.54, 1.807) is 0 Å². The fourth-order valence-electron chi connectivity index (χ4n) is 2.58. The van der Waals surface area contributed by atoms with Crippen molar-refractivity contribution in [2.24, 2.45) is 0 Å². The largest absolute Gasteiger partial charge is 0.494 e. The molecule has 3 nitrogen and oxygen atoms in total. The molecule has 21 heavy (non-hydrogen) atoms. The zero-order valence-corrected chi connectivity index (χ0v) is 14.9. The van der Waals surface area contributed by atoms with Crippen LogP contribution in [0.4, 0.5) is 0 Å². The molecule has 1 aromatic rings. The summed E-state index contributed by atoms with van der Waals surface area (Å²) in [6.07, 6.45) is 2.48. The Morgan fingerprint density at radius 1 is 1.14 bits per heavy atom. The van der Waals surface area contributed by atoms with Gasteiger partial charge in [-0.3, -0.25) is 4.90 Å². The van der Waals surface area contributed by atoms with E-state index >= 15 is 0 Å². The van der Waals surface area contributed by atoms with E-state index in [4.69, 9.17) is 9.31 Å². The van der Waals surface area contributed by atoms with Crippen molar-refractivity contribution in [2.75, 3.05) is 32.8 Å². The van der Waals surface area contributed by atoms with Crippen molar-refractivity contribution in [2.45, 2.75) is 33.6 Å². The molecule has 1 fully saturated rings. The average Bonchev–Trinajstić information content (AvgIpc) is 2.42. The van der Waals surface area contributed by atoms with Crippen LogP contribution in [0.5, 0.6) is 0 Å². The highest BCUT2D eigenvalue weighted by Gasteiger charge is 2.26.